The van der Waals surface area contributed by atoms with Crippen LogP contribution in [-0.4, -0.2) is 47.4 Å². The third-order valence-electron chi connectivity index (χ3n) is 3.00. The van der Waals surface area contributed by atoms with Gasteiger partial charge in [-0.1, -0.05) is 0 Å². The van der Waals surface area contributed by atoms with E-state index in [1.807, 2.05) is 0 Å². The first-order valence-corrected chi connectivity index (χ1v) is 8.23. The molecule has 8 nitrogen and oxygen atoms in total. The highest BCUT2D eigenvalue weighted by molar-refractivity contribution is 7.90. The van der Waals surface area contributed by atoms with E-state index < -0.39 is 15.8 Å². The molecule has 1 aromatic carbocycles. The van der Waals surface area contributed by atoms with E-state index >= 15 is 0 Å². The van der Waals surface area contributed by atoms with Crippen molar-refractivity contribution in [3.8, 4) is 5.75 Å². The van der Waals surface area contributed by atoms with Crippen LogP contribution in [0.25, 0.3) is 0 Å². The molecule has 2 aromatic rings. The summed E-state index contributed by atoms with van der Waals surface area (Å²) in [6.07, 6.45) is 4.07. The zero-order valence-corrected chi connectivity index (χ0v) is 12.9. The van der Waals surface area contributed by atoms with E-state index in [1.54, 1.807) is 0 Å². The average Bonchev–Trinajstić information content (AvgIpc) is 2.91. The van der Waals surface area contributed by atoms with Gasteiger partial charge in [0.15, 0.2) is 9.84 Å². The minimum atomic E-state index is -3.54. The van der Waals surface area contributed by atoms with Crippen molar-refractivity contribution in [2.75, 3.05) is 12.9 Å². The van der Waals surface area contributed by atoms with Crippen LogP contribution in [0.4, 0.5) is 0 Å². The third-order valence-corrected chi connectivity index (χ3v) is 4.12. The van der Waals surface area contributed by atoms with Crippen LogP contribution < -0.4 is 4.74 Å². The van der Waals surface area contributed by atoms with E-state index in [0.29, 0.717) is 6.54 Å². The van der Waals surface area contributed by atoms with Gasteiger partial charge in [-0.3, -0.25) is 0 Å². The Kier molecular flexibility index (Phi) is 4.45. The summed E-state index contributed by atoms with van der Waals surface area (Å²) in [5.74, 6) is -1.09. The molecule has 22 heavy (non-hydrogen) atoms. The molecule has 0 amide bonds. The number of benzene rings is 1. The fraction of sp³-hybridized carbons (Fsp3) is 0.308. The number of carbonyl (C=O) groups is 1. The summed E-state index contributed by atoms with van der Waals surface area (Å²) in [5, 5.41) is 16.9. The van der Waals surface area contributed by atoms with Crippen LogP contribution in [0.3, 0.4) is 0 Å². The van der Waals surface area contributed by atoms with Gasteiger partial charge < -0.3 is 9.84 Å². The van der Waals surface area contributed by atoms with Gasteiger partial charge in [-0.2, -0.15) is 15.0 Å². The number of rotatable bonds is 6. The first kappa shape index (κ1) is 16.0. The Morgan fingerprint density at radius 3 is 2.50 bits per heavy atom. The normalized spacial score (nSPS) is 11.4. The number of hydrogen-bond acceptors (Lipinski definition) is 6. The number of carboxylic acids is 1. The molecule has 0 spiro atoms. The van der Waals surface area contributed by atoms with Crippen LogP contribution >= 0.6 is 0 Å². The largest absolute Gasteiger partial charge is 0.490 e. The van der Waals surface area contributed by atoms with Crippen molar-refractivity contribution in [2.45, 2.75) is 18.4 Å². The van der Waals surface area contributed by atoms with Gasteiger partial charge in [-0.25, -0.2) is 13.2 Å². The van der Waals surface area contributed by atoms with Gasteiger partial charge in [0.05, 0.1) is 24.5 Å². The van der Waals surface area contributed by atoms with Gasteiger partial charge in [-0.15, -0.1) is 0 Å². The van der Waals surface area contributed by atoms with Gasteiger partial charge in [0, 0.05) is 11.8 Å². The first-order chi connectivity index (χ1) is 10.3. The van der Waals surface area contributed by atoms with E-state index in [4.69, 9.17) is 9.84 Å². The Morgan fingerprint density at radius 1 is 1.32 bits per heavy atom. The summed E-state index contributed by atoms with van der Waals surface area (Å²) in [6.45, 7) is 1.94. The van der Waals surface area contributed by atoms with Crippen molar-refractivity contribution < 1.29 is 23.1 Å². The fourth-order valence-electron chi connectivity index (χ4n) is 1.96. The Balaban J connectivity index is 2.33. The lowest BCUT2D eigenvalue weighted by molar-refractivity contribution is 0.0695. The molecule has 0 saturated heterocycles. The zero-order valence-electron chi connectivity index (χ0n) is 12.1. The van der Waals surface area contributed by atoms with E-state index in [1.165, 1.54) is 36.2 Å². The Morgan fingerprint density at radius 2 is 1.95 bits per heavy atom. The van der Waals surface area contributed by atoms with Crippen molar-refractivity contribution in [2.24, 2.45) is 0 Å². The SMILES string of the molecule is Cc1c(C(=O)O)ccc(S(C)(=O)=O)c1OCCn1nccn1. The molecule has 0 radical (unpaired) electrons. The van der Waals surface area contributed by atoms with Gasteiger partial charge in [0.25, 0.3) is 0 Å². The molecule has 1 aromatic heterocycles. The molecule has 0 fully saturated rings. The molecule has 0 aliphatic heterocycles. The maximum Gasteiger partial charge on any atom is 0.336 e. The second kappa shape index (κ2) is 6.14. The molecule has 0 atom stereocenters. The number of aromatic carboxylic acids is 1. The van der Waals surface area contributed by atoms with Crippen molar-refractivity contribution in [1.82, 2.24) is 15.0 Å². The lowest BCUT2D eigenvalue weighted by Crippen LogP contribution is -2.14. The summed E-state index contributed by atoms with van der Waals surface area (Å²) in [5.41, 5.74) is 0.267. The van der Waals surface area contributed by atoms with Gasteiger partial charge in [0.1, 0.15) is 17.3 Å². The standard InChI is InChI=1S/C13H15N3O5S/c1-9-10(13(17)18)3-4-11(22(2,19)20)12(9)21-8-7-16-14-5-6-15-16/h3-6H,7-8H2,1-2H3,(H,17,18). The lowest BCUT2D eigenvalue weighted by Gasteiger charge is -2.14. The minimum absolute atomic E-state index is 0.000357. The quantitative estimate of drug-likeness (QED) is 0.834. The van der Waals surface area contributed by atoms with Gasteiger partial charge in [-0.05, 0) is 19.1 Å². The monoisotopic (exact) mass is 325 g/mol. The third kappa shape index (κ3) is 3.42. The molecule has 0 saturated carbocycles. The molecule has 0 aliphatic rings. The zero-order chi connectivity index (χ0) is 16.3. The van der Waals surface area contributed by atoms with E-state index in [9.17, 15) is 13.2 Å². The summed E-state index contributed by atoms with van der Waals surface area (Å²) in [4.78, 5) is 12.5. The van der Waals surface area contributed by atoms with Crippen LogP contribution in [0.2, 0.25) is 0 Å². The molecule has 0 bridgehead atoms. The van der Waals surface area contributed by atoms with Crippen LogP contribution in [0.5, 0.6) is 5.75 Å². The maximum atomic E-state index is 11.8. The molecular weight excluding hydrogens is 310 g/mol. The summed E-state index contributed by atoms with van der Waals surface area (Å²) < 4.78 is 29.2. The summed E-state index contributed by atoms with van der Waals surface area (Å²) in [7, 11) is -3.54. The Labute approximate surface area is 127 Å². The van der Waals surface area contributed by atoms with E-state index in [-0.39, 0.29) is 28.4 Å². The highest BCUT2D eigenvalue weighted by Crippen LogP contribution is 2.30. The summed E-state index contributed by atoms with van der Waals surface area (Å²) >= 11 is 0. The first-order valence-electron chi connectivity index (χ1n) is 6.34. The van der Waals surface area contributed by atoms with Gasteiger partial charge in [0.2, 0.25) is 0 Å². The van der Waals surface area contributed by atoms with Gasteiger partial charge >= 0.3 is 5.97 Å². The molecule has 1 N–H and O–H groups in total. The molecule has 2 rings (SSSR count). The second-order valence-electron chi connectivity index (χ2n) is 4.62. The molecule has 0 unspecified atom stereocenters. The van der Waals surface area contributed by atoms with Crippen LogP contribution in [0.15, 0.2) is 29.4 Å². The maximum absolute atomic E-state index is 11.8. The predicted molar refractivity (Wildman–Crippen MR) is 76.8 cm³/mol. The highest BCUT2D eigenvalue weighted by atomic mass is 32.2. The van der Waals surface area contributed by atoms with Crippen LogP contribution in [-0.2, 0) is 16.4 Å². The molecule has 118 valence electrons. The van der Waals surface area contributed by atoms with Crippen LogP contribution in [0, 0.1) is 6.92 Å². The average molecular weight is 325 g/mol. The summed E-state index contributed by atoms with van der Waals surface area (Å²) in [6, 6.07) is 2.50. The Bertz CT molecular complexity index is 784. The van der Waals surface area contributed by atoms with Crippen molar-refractivity contribution in [3.05, 3.63) is 35.7 Å². The fourth-order valence-corrected chi connectivity index (χ4v) is 2.82. The van der Waals surface area contributed by atoms with Crippen molar-refractivity contribution in [3.63, 3.8) is 0 Å². The smallest absolute Gasteiger partial charge is 0.336 e. The van der Waals surface area contributed by atoms with Crippen molar-refractivity contribution in [1.29, 1.82) is 0 Å². The number of sulfone groups is 1. The lowest BCUT2D eigenvalue weighted by atomic mass is 10.1. The Hall–Kier alpha value is -2.42. The van der Waals surface area contributed by atoms with Crippen molar-refractivity contribution >= 4 is 15.8 Å². The predicted octanol–water partition coefficient (Wildman–Crippen LogP) is 0.767. The number of hydrogen-bond donors (Lipinski definition) is 1. The minimum Gasteiger partial charge on any atom is -0.490 e. The van der Waals surface area contributed by atoms with E-state index in [2.05, 4.69) is 10.2 Å². The van der Waals surface area contributed by atoms with E-state index in [0.717, 1.165) is 6.26 Å². The number of nitrogens with zero attached hydrogens (tertiary/aromatic N) is 3. The highest BCUT2D eigenvalue weighted by Gasteiger charge is 2.21. The number of carboxylic acid groups (broad SMARTS) is 1. The molecule has 9 heteroatoms. The molecular formula is C13H15N3O5S. The van der Waals surface area contributed by atoms with Crippen LogP contribution in [0.1, 0.15) is 15.9 Å². The number of aromatic nitrogens is 3. The molecule has 1 heterocycles. The molecule has 0 aliphatic carbocycles. The number of ether oxygens (including phenoxy) is 1. The topological polar surface area (TPSA) is 111 Å². The second-order valence-corrected chi connectivity index (χ2v) is 6.60.